The van der Waals surface area contributed by atoms with E-state index in [-0.39, 0.29) is 11.7 Å². The molecule has 0 aliphatic heterocycles. The highest BCUT2D eigenvalue weighted by Crippen LogP contribution is 2.25. The van der Waals surface area contributed by atoms with Crippen LogP contribution in [0.3, 0.4) is 0 Å². The van der Waals surface area contributed by atoms with Crippen molar-refractivity contribution in [2.45, 2.75) is 32.3 Å². The summed E-state index contributed by atoms with van der Waals surface area (Å²) in [5.74, 6) is 0.396. The Balaban J connectivity index is 1.63. The summed E-state index contributed by atoms with van der Waals surface area (Å²) in [6.07, 6.45) is 4.43. The largest absolute Gasteiger partial charge is 0.356 e. The van der Waals surface area contributed by atoms with Crippen molar-refractivity contribution in [3.8, 4) is 5.69 Å². The second-order valence-corrected chi connectivity index (χ2v) is 8.69. The Hall–Kier alpha value is -2.38. The molecular formula is C21H23N3O2S2. The van der Waals surface area contributed by atoms with Crippen LogP contribution in [0.1, 0.15) is 32.6 Å². The molecule has 1 amide bonds. The second-order valence-electron chi connectivity index (χ2n) is 6.58. The van der Waals surface area contributed by atoms with Crippen molar-refractivity contribution < 1.29 is 9.59 Å². The van der Waals surface area contributed by atoms with Gasteiger partial charge in [0.25, 0.3) is 0 Å². The van der Waals surface area contributed by atoms with E-state index in [1.807, 2.05) is 22.9 Å². The molecule has 2 aromatic heterocycles. The van der Waals surface area contributed by atoms with E-state index in [4.69, 9.17) is 0 Å². The van der Waals surface area contributed by atoms with Gasteiger partial charge >= 0.3 is 0 Å². The third kappa shape index (κ3) is 5.11. The number of rotatable bonds is 8. The lowest BCUT2D eigenvalue weighted by Crippen LogP contribution is -2.22. The summed E-state index contributed by atoms with van der Waals surface area (Å²) in [7, 11) is 0. The van der Waals surface area contributed by atoms with Crippen molar-refractivity contribution in [1.82, 2.24) is 14.9 Å². The van der Waals surface area contributed by atoms with Crippen LogP contribution < -0.4 is 5.32 Å². The van der Waals surface area contributed by atoms with E-state index in [1.165, 1.54) is 41.1 Å². The smallest absolute Gasteiger partial charge is 0.216 e. The molecule has 0 atom stereocenters. The highest BCUT2D eigenvalue weighted by molar-refractivity contribution is 7.99. The number of amides is 1. The van der Waals surface area contributed by atoms with Gasteiger partial charge in [0.05, 0.1) is 16.3 Å². The monoisotopic (exact) mass is 413 g/mol. The molecule has 0 bridgehead atoms. The topological polar surface area (TPSA) is 64.0 Å². The van der Waals surface area contributed by atoms with E-state index in [0.717, 1.165) is 27.0 Å². The van der Waals surface area contributed by atoms with Gasteiger partial charge in [-0.3, -0.25) is 14.2 Å². The summed E-state index contributed by atoms with van der Waals surface area (Å²) in [4.78, 5) is 29.8. The number of carbonyl (C=O) groups excluding carboxylic acids is 2. The molecule has 2 heterocycles. The fourth-order valence-corrected chi connectivity index (χ4v) is 4.67. The lowest BCUT2D eigenvalue weighted by atomic mass is 10.1. The van der Waals surface area contributed by atoms with Gasteiger partial charge in [0.2, 0.25) is 5.91 Å². The lowest BCUT2D eigenvalue weighted by Gasteiger charge is -2.11. The minimum Gasteiger partial charge on any atom is -0.356 e. The number of hydrogen-bond donors (Lipinski definition) is 1. The zero-order valence-corrected chi connectivity index (χ0v) is 17.8. The number of thioether (sulfide) groups is 1. The summed E-state index contributed by atoms with van der Waals surface area (Å²) >= 11 is 2.94. The average molecular weight is 414 g/mol. The first-order valence-corrected chi connectivity index (χ1v) is 10.8. The number of benzene rings is 1. The molecule has 0 saturated carbocycles. The van der Waals surface area contributed by atoms with Crippen LogP contribution in [0, 0.1) is 13.8 Å². The van der Waals surface area contributed by atoms with E-state index in [2.05, 4.69) is 42.3 Å². The predicted octanol–water partition coefficient (Wildman–Crippen LogP) is 4.20. The third-order valence-corrected chi connectivity index (χ3v) is 6.40. The van der Waals surface area contributed by atoms with Crippen LogP contribution in [0.4, 0.5) is 0 Å². The minimum atomic E-state index is -0.0383. The van der Waals surface area contributed by atoms with Crippen molar-refractivity contribution in [3.05, 3.63) is 63.6 Å². The van der Waals surface area contributed by atoms with Crippen molar-refractivity contribution in [2.75, 3.05) is 12.3 Å². The van der Waals surface area contributed by atoms with E-state index >= 15 is 0 Å². The molecule has 7 heteroatoms. The number of nitrogens with zero attached hydrogens (tertiary/aromatic N) is 2. The van der Waals surface area contributed by atoms with Crippen LogP contribution in [0.2, 0.25) is 0 Å². The van der Waals surface area contributed by atoms with Gasteiger partial charge in [0.1, 0.15) is 0 Å². The van der Waals surface area contributed by atoms with Gasteiger partial charge in [-0.1, -0.05) is 23.9 Å². The summed E-state index contributed by atoms with van der Waals surface area (Å²) in [6, 6.07) is 10.1. The molecule has 0 fully saturated rings. The molecular weight excluding hydrogens is 390 g/mol. The van der Waals surface area contributed by atoms with Crippen molar-refractivity contribution >= 4 is 34.8 Å². The third-order valence-electron chi connectivity index (χ3n) is 4.25. The summed E-state index contributed by atoms with van der Waals surface area (Å²) in [5, 5.41) is 3.58. The maximum Gasteiger partial charge on any atom is 0.216 e. The number of nitrogens with one attached hydrogen (secondary N) is 1. The number of hydrogen-bond acceptors (Lipinski definition) is 5. The number of ketones is 1. The number of thiophene rings is 1. The van der Waals surface area contributed by atoms with Gasteiger partial charge in [0.15, 0.2) is 10.9 Å². The first kappa shape index (κ1) is 20.4. The second kappa shape index (κ2) is 9.21. The minimum absolute atomic E-state index is 0.0383. The molecule has 5 nitrogen and oxygen atoms in total. The molecule has 3 rings (SSSR count). The predicted molar refractivity (Wildman–Crippen MR) is 115 cm³/mol. The Morgan fingerprint density at radius 1 is 1.21 bits per heavy atom. The molecule has 146 valence electrons. The molecule has 0 saturated heterocycles. The maximum atomic E-state index is 12.6. The van der Waals surface area contributed by atoms with Crippen LogP contribution in [0.15, 0.2) is 47.9 Å². The number of aryl methyl sites for hydroxylation is 2. The molecule has 0 radical (unpaired) electrons. The van der Waals surface area contributed by atoms with Crippen molar-refractivity contribution in [2.24, 2.45) is 0 Å². The summed E-state index contributed by atoms with van der Waals surface area (Å²) in [6.45, 7) is 6.23. The molecule has 28 heavy (non-hydrogen) atoms. The first-order valence-electron chi connectivity index (χ1n) is 9.04. The number of Topliss-reactive ketones (excluding diaryl/α,β-unsaturated/α-hetero) is 1. The molecule has 0 unspecified atom stereocenters. The lowest BCUT2D eigenvalue weighted by molar-refractivity contribution is -0.118. The Morgan fingerprint density at radius 2 is 2.04 bits per heavy atom. The average Bonchev–Trinajstić information content (AvgIpc) is 3.31. The normalized spacial score (nSPS) is 10.8. The van der Waals surface area contributed by atoms with Gasteiger partial charge in [-0.05, 0) is 49.6 Å². The van der Waals surface area contributed by atoms with Crippen molar-refractivity contribution in [1.29, 1.82) is 0 Å². The van der Waals surface area contributed by atoms with Gasteiger partial charge in [-0.15, -0.1) is 11.3 Å². The SMILES string of the molecule is CC(=O)NCCc1ccc(C(=O)CSc2nccn2-c2cc(C)ccc2C)s1. The number of aromatic nitrogens is 2. The summed E-state index contributed by atoms with van der Waals surface area (Å²) < 4.78 is 2.04. The van der Waals surface area contributed by atoms with Crippen LogP contribution in [-0.2, 0) is 11.2 Å². The fraction of sp³-hybridized carbons (Fsp3) is 0.286. The van der Waals surface area contributed by atoms with Crippen LogP contribution >= 0.6 is 23.1 Å². The Bertz CT molecular complexity index is 991. The number of carbonyl (C=O) groups is 2. The van der Waals surface area contributed by atoms with Crippen molar-refractivity contribution in [3.63, 3.8) is 0 Å². The van der Waals surface area contributed by atoms with E-state index in [0.29, 0.717) is 12.3 Å². The van der Waals surface area contributed by atoms with Crippen LogP contribution in [0.25, 0.3) is 5.69 Å². The quantitative estimate of drug-likeness (QED) is 0.444. The van der Waals surface area contributed by atoms with Crippen LogP contribution in [-0.4, -0.2) is 33.5 Å². The molecule has 0 aliphatic rings. The molecule has 0 spiro atoms. The highest BCUT2D eigenvalue weighted by atomic mass is 32.2. The molecule has 3 aromatic rings. The molecule has 1 aromatic carbocycles. The fourth-order valence-electron chi connectivity index (χ4n) is 2.78. The molecule has 0 aliphatic carbocycles. The highest BCUT2D eigenvalue weighted by Gasteiger charge is 2.14. The zero-order chi connectivity index (χ0) is 20.1. The zero-order valence-electron chi connectivity index (χ0n) is 16.2. The van der Waals surface area contributed by atoms with E-state index in [1.54, 1.807) is 6.20 Å². The van der Waals surface area contributed by atoms with Crippen LogP contribution in [0.5, 0.6) is 0 Å². The van der Waals surface area contributed by atoms with Gasteiger partial charge in [0, 0.05) is 30.7 Å². The maximum absolute atomic E-state index is 12.6. The van der Waals surface area contributed by atoms with E-state index in [9.17, 15) is 9.59 Å². The number of imidazole rings is 1. The standard InChI is InChI=1S/C21H23N3O2S2/c1-14-4-5-15(2)18(12-14)24-11-10-23-21(24)27-13-19(26)20-7-6-17(28-20)8-9-22-16(3)25/h4-7,10-12H,8-9,13H2,1-3H3,(H,22,25). The first-order chi connectivity index (χ1) is 13.4. The van der Waals surface area contributed by atoms with E-state index < -0.39 is 0 Å². The van der Waals surface area contributed by atoms with Gasteiger partial charge < -0.3 is 5.32 Å². The summed E-state index contributed by atoms with van der Waals surface area (Å²) in [5.41, 5.74) is 3.44. The molecule has 1 N–H and O–H groups in total. The Labute approximate surface area is 173 Å². The Kier molecular flexibility index (Phi) is 6.70. The van der Waals surface area contributed by atoms with Gasteiger partial charge in [-0.2, -0.15) is 0 Å². The Morgan fingerprint density at radius 3 is 2.82 bits per heavy atom. The van der Waals surface area contributed by atoms with Gasteiger partial charge in [-0.25, -0.2) is 4.98 Å².